The molecule has 0 aliphatic rings. The van der Waals surface area contributed by atoms with Gasteiger partial charge in [0.1, 0.15) is 6.54 Å². The van der Waals surface area contributed by atoms with E-state index >= 15 is 0 Å². The molecule has 0 bridgehead atoms. The molecule has 0 aromatic heterocycles. The molecule has 0 aliphatic carbocycles. The van der Waals surface area contributed by atoms with E-state index in [2.05, 4.69) is 0 Å². The molecular weight excluding hydrogens is 246 g/mol. The van der Waals surface area contributed by atoms with Crippen molar-refractivity contribution < 1.29 is 23.1 Å². The highest BCUT2D eigenvalue weighted by atomic mass is 32.2. The van der Waals surface area contributed by atoms with Gasteiger partial charge in [-0.2, -0.15) is 4.72 Å². The number of Topliss-reactive ketones (excluding diaryl/α,β-unsaturated/α-hetero) is 1. The van der Waals surface area contributed by atoms with Gasteiger partial charge in [0.15, 0.2) is 5.78 Å². The largest absolute Gasteiger partial charge is 0.480 e. The zero-order valence-corrected chi connectivity index (χ0v) is 9.82. The Labute approximate surface area is 98.3 Å². The molecule has 0 unspecified atom stereocenters. The number of carbonyl (C=O) groups excluding carboxylic acids is 1. The van der Waals surface area contributed by atoms with Crippen molar-refractivity contribution in [3.05, 3.63) is 29.8 Å². The van der Waals surface area contributed by atoms with E-state index in [-0.39, 0.29) is 16.2 Å². The van der Waals surface area contributed by atoms with Gasteiger partial charge in [0.2, 0.25) is 10.0 Å². The first-order valence-corrected chi connectivity index (χ1v) is 6.14. The van der Waals surface area contributed by atoms with E-state index in [1.807, 2.05) is 4.72 Å². The number of nitrogens with one attached hydrogen (secondary N) is 1. The first-order chi connectivity index (χ1) is 7.83. The Morgan fingerprint density at radius 2 is 2.00 bits per heavy atom. The molecule has 7 heteroatoms. The molecule has 0 amide bonds. The summed E-state index contributed by atoms with van der Waals surface area (Å²) in [6, 6.07) is 5.40. The Bertz CT molecular complexity index is 550. The van der Waals surface area contributed by atoms with Crippen molar-refractivity contribution in [2.45, 2.75) is 11.8 Å². The molecule has 1 aromatic rings. The van der Waals surface area contributed by atoms with Crippen molar-refractivity contribution >= 4 is 21.8 Å². The molecule has 2 N–H and O–H groups in total. The highest BCUT2D eigenvalue weighted by Crippen LogP contribution is 2.11. The number of aliphatic carboxylic acids is 1. The van der Waals surface area contributed by atoms with E-state index in [1.165, 1.54) is 31.2 Å². The predicted molar refractivity (Wildman–Crippen MR) is 59.3 cm³/mol. The van der Waals surface area contributed by atoms with Crippen molar-refractivity contribution in [1.82, 2.24) is 4.72 Å². The molecular formula is C10H11NO5S. The van der Waals surface area contributed by atoms with Crippen molar-refractivity contribution in [2.75, 3.05) is 6.54 Å². The number of benzene rings is 1. The summed E-state index contributed by atoms with van der Waals surface area (Å²) in [4.78, 5) is 21.2. The average Bonchev–Trinajstić information content (AvgIpc) is 2.27. The number of hydrogen-bond acceptors (Lipinski definition) is 4. The summed E-state index contributed by atoms with van der Waals surface area (Å²) in [5.41, 5.74) is 0.253. The molecule has 92 valence electrons. The van der Waals surface area contributed by atoms with Crippen LogP contribution in [-0.4, -0.2) is 31.8 Å². The van der Waals surface area contributed by atoms with Gasteiger partial charge in [0.25, 0.3) is 0 Å². The maximum absolute atomic E-state index is 11.6. The quantitative estimate of drug-likeness (QED) is 0.736. The number of ketones is 1. The Kier molecular flexibility index (Phi) is 3.97. The smallest absolute Gasteiger partial charge is 0.318 e. The number of sulfonamides is 1. The second-order valence-corrected chi connectivity index (χ2v) is 5.07. The summed E-state index contributed by atoms with van der Waals surface area (Å²) in [7, 11) is -3.89. The Balaban J connectivity index is 3.03. The number of rotatable bonds is 5. The maximum atomic E-state index is 11.6. The van der Waals surface area contributed by atoms with E-state index < -0.39 is 22.5 Å². The molecule has 17 heavy (non-hydrogen) atoms. The van der Waals surface area contributed by atoms with Gasteiger partial charge in [-0.15, -0.1) is 0 Å². The number of carboxylic acids is 1. The Morgan fingerprint density at radius 1 is 1.35 bits per heavy atom. The first-order valence-electron chi connectivity index (χ1n) is 4.65. The lowest BCUT2D eigenvalue weighted by Crippen LogP contribution is -2.29. The van der Waals surface area contributed by atoms with Gasteiger partial charge in [0.05, 0.1) is 4.90 Å². The van der Waals surface area contributed by atoms with Crippen LogP contribution >= 0.6 is 0 Å². The second kappa shape index (κ2) is 5.07. The van der Waals surface area contributed by atoms with Crippen LogP contribution in [-0.2, 0) is 14.8 Å². The molecule has 0 heterocycles. The van der Waals surface area contributed by atoms with Crippen LogP contribution in [0.3, 0.4) is 0 Å². The normalized spacial score (nSPS) is 11.1. The third kappa shape index (κ3) is 3.65. The van der Waals surface area contributed by atoms with E-state index in [9.17, 15) is 18.0 Å². The SMILES string of the molecule is CC(=O)c1cccc(S(=O)(=O)NCC(=O)O)c1. The lowest BCUT2D eigenvalue weighted by atomic mass is 10.2. The van der Waals surface area contributed by atoms with E-state index in [1.54, 1.807) is 0 Å². The van der Waals surface area contributed by atoms with Crippen LogP contribution in [0, 0.1) is 0 Å². The standard InChI is InChI=1S/C10H11NO5S/c1-7(12)8-3-2-4-9(5-8)17(15,16)11-6-10(13)14/h2-5,11H,6H2,1H3,(H,13,14). The summed E-state index contributed by atoms with van der Waals surface area (Å²) in [5.74, 6) is -1.54. The number of hydrogen-bond donors (Lipinski definition) is 2. The Morgan fingerprint density at radius 3 is 2.53 bits per heavy atom. The van der Waals surface area contributed by atoms with Gasteiger partial charge in [-0.1, -0.05) is 12.1 Å². The molecule has 0 saturated carbocycles. The van der Waals surface area contributed by atoms with Crippen molar-refractivity contribution in [1.29, 1.82) is 0 Å². The average molecular weight is 257 g/mol. The van der Waals surface area contributed by atoms with Gasteiger partial charge in [-0.05, 0) is 19.1 Å². The van der Waals surface area contributed by atoms with E-state index in [0.29, 0.717) is 0 Å². The van der Waals surface area contributed by atoms with Crippen LogP contribution in [0.15, 0.2) is 29.2 Å². The highest BCUT2D eigenvalue weighted by molar-refractivity contribution is 7.89. The van der Waals surface area contributed by atoms with E-state index in [4.69, 9.17) is 5.11 Å². The zero-order valence-electron chi connectivity index (χ0n) is 9.00. The molecule has 0 spiro atoms. The fourth-order valence-electron chi connectivity index (χ4n) is 1.12. The molecule has 0 radical (unpaired) electrons. The van der Waals surface area contributed by atoms with Gasteiger partial charge in [-0.3, -0.25) is 9.59 Å². The predicted octanol–water partition coefficient (Wildman–Crippen LogP) is 0.252. The fraction of sp³-hybridized carbons (Fsp3) is 0.200. The highest BCUT2D eigenvalue weighted by Gasteiger charge is 2.16. The maximum Gasteiger partial charge on any atom is 0.318 e. The molecule has 0 saturated heterocycles. The molecule has 0 aliphatic heterocycles. The minimum Gasteiger partial charge on any atom is -0.480 e. The minimum atomic E-state index is -3.89. The topological polar surface area (TPSA) is 101 Å². The van der Waals surface area contributed by atoms with Gasteiger partial charge >= 0.3 is 5.97 Å². The molecule has 1 aromatic carbocycles. The first kappa shape index (κ1) is 13.3. The van der Waals surface area contributed by atoms with Gasteiger partial charge in [-0.25, -0.2) is 8.42 Å². The summed E-state index contributed by atoms with van der Waals surface area (Å²) >= 11 is 0. The van der Waals surface area contributed by atoms with Crippen LogP contribution in [0.5, 0.6) is 0 Å². The van der Waals surface area contributed by atoms with Crippen LogP contribution < -0.4 is 4.72 Å². The monoisotopic (exact) mass is 257 g/mol. The van der Waals surface area contributed by atoms with Crippen molar-refractivity contribution in [3.8, 4) is 0 Å². The summed E-state index contributed by atoms with van der Waals surface area (Å²) in [6.45, 7) is 0.614. The van der Waals surface area contributed by atoms with Crippen molar-refractivity contribution in [3.63, 3.8) is 0 Å². The summed E-state index contributed by atoms with van der Waals surface area (Å²) < 4.78 is 25.2. The number of carbonyl (C=O) groups is 2. The Hall–Kier alpha value is -1.73. The lowest BCUT2D eigenvalue weighted by Gasteiger charge is -2.05. The summed E-state index contributed by atoms with van der Waals surface area (Å²) in [5, 5.41) is 8.39. The zero-order chi connectivity index (χ0) is 13.1. The van der Waals surface area contributed by atoms with Crippen LogP contribution in [0.25, 0.3) is 0 Å². The van der Waals surface area contributed by atoms with Crippen LogP contribution in [0.2, 0.25) is 0 Å². The molecule has 0 atom stereocenters. The van der Waals surface area contributed by atoms with Gasteiger partial charge in [0, 0.05) is 5.56 Å². The minimum absolute atomic E-state index is 0.133. The molecule has 6 nitrogen and oxygen atoms in total. The van der Waals surface area contributed by atoms with Crippen molar-refractivity contribution in [2.24, 2.45) is 0 Å². The third-order valence-electron chi connectivity index (χ3n) is 1.96. The second-order valence-electron chi connectivity index (χ2n) is 3.30. The number of carboxylic acid groups (broad SMARTS) is 1. The lowest BCUT2D eigenvalue weighted by molar-refractivity contribution is -0.135. The van der Waals surface area contributed by atoms with E-state index in [0.717, 1.165) is 0 Å². The molecule has 0 fully saturated rings. The summed E-state index contributed by atoms with van der Waals surface area (Å²) in [6.07, 6.45) is 0. The van der Waals surface area contributed by atoms with Crippen LogP contribution in [0.1, 0.15) is 17.3 Å². The van der Waals surface area contributed by atoms with Gasteiger partial charge < -0.3 is 5.11 Å². The fourth-order valence-corrected chi connectivity index (χ4v) is 2.14. The third-order valence-corrected chi connectivity index (χ3v) is 3.36. The molecule has 1 rings (SSSR count). The van der Waals surface area contributed by atoms with Crippen LogP contribution in [0.4, 0.5) is 0 Å².